The summed E-state index contributed by atoms with van der Waals surface area (Å²) in [7, 11) is -1.23. The topological polar surface area (TPSA) is 0 Å². The molecule has 0 amide bonds. The first kappa shape index (κ1) is 26.0. The summed E-state index contributed by atoms with van der Waals surface area (Å²) in [5, 5.41) is 0.269. The molecule has 0 saturated heterocycles. The molecule has 0 aromatic heterocycles. The minimum atomic E-state index is -4.31. The van der Waals surface area contributed by atoms with E-state index < -0.39 is 19.0 Å². The summed E-state index contributed by atoms with van der Waals surface area (Å²) < 4.78 is 38.7. The standard InChI is InChI=1S/C15H21ClF3P.2C2H6/c1-2-3-4-5-6-9-12-20(16)14-11-8-7-10-13(14)15(17,18)19;2*1-2/h7-8,10-11H,2-6,9,12H2,1H3;2*1-2H3/t20-;;/m1../s1. The molecule has 24 heavy (non-hydrogen) atoms. The van der Waals surface area contributed by atoms with Crippen LogP contribution in [0.15, 0.2) is 24.3 Å². The highest BCUT2D eigenvalue weighted by atomic mass is 35.7. The van der Waals surface area contributed by atoms with E-state index in [1.165, 1.54) is 31.4 Å². The lowest BCUT2D eigenvalue weighted by atomic mass is 10.1. The molecule has 0 radical (unpaired) electrons. The fraction of sp³-hybridized carbons (Fsp3) is 0.684. The first-order valence-electron chi connectivity index (χ1n) is 9.06. The number of rotatable bonds is 8. The third-order valence-electron chi connectivity index (χ3n) is 3.18. The first-order valence-corrected chi connectivity index (χ1v) is 11.5. The van der Waals surface area contributed by atoms with Gasteiger partial charge in [0, 0.05) is 12.6 Å². The number of benzene rings is 1. The van der Waals surface area contributed by atoms with Gasteiger partial charge in [0.2, 0.25) is 0 Å². The van der Waals surface area contributed by atoms with Gasteiger partial charge in [0.1, 0.15) is 0 Å². The molecule has 0 saturated carbocycles. The summed E-state index contributed by atoms with van der Waals surface area (Å²) in [5.74, 6) is 0. The molecule has 0 bridgehead atoms. The molecule has 0 fully saturated rings. The molecule has 0 aliphatic heterocycles. The second-order valence-electron chi connectivity index (χ2n) is 4.87. The van der Waals surface area contributed by atoms with E-state index in [1.807, 2.05) is 27.7 Å². The molecule has 1 aromatic rings. The van der Waals surface area contributed by atoms with Crippen molar-refractivity contribution in [1.82, 2.24) is 0 Å². The molecule has 0 heterocycles. The zero-order valence-corrected chi connectivity index (χ0v) is 17.4. The van der Waals surface area contributed by atoms with E-state index in [1.54, 1.807) is 6.07 Å². The Morgan fingerprint density at radius 2 is 1.38 bits per heavy atom. The summed E-state index contributed by atoms with van der Waals surface area (Å²) in [5.41, 5.74) is -0.577. The van der Waals surface area contributed by atoms with E-state index in [2.05, 4.69) is 6.92 Å². The van der Waals surface area contributed by atoms with Gasteiger partial charge in [-0.25, -0.2) is 0 Å². The summed E-state index contributed by atoms with van der Waals surface area (Å²) >= 11 is 6.22. The van der Waals surface area contributed by atoms with Gasteiger partial charge in [-0.05, 0) is 18.6 Å². The molecule has 0 N–H and O–H groups in total. The lowest BCUT2D eigenvalue weighted by Gasteiger charge is -2.16. The summed E-state index contributed by atoms with van der Waals surface area (Å²) in [4.78, 5) is 0. The highest BCUT2D eigenvalue weighted by molar-refractivity contribution is 7.90. The van der Waals surface area contributed by atoms with E-state index in [0.29, 0.717) is 6.16 Å². The van der Waals surface area contributed by atoms with Crippen LogP contribution in [-0.4, -0.2) is 6.16 Å². The molecule has 5 heteroatoms. The van der Waals surface area contributed by atoms with E-state index in [9.17, 15) is 13.2 Å². The Kier molecular flexibility index (Phi) is 17.5. The van der Waals surface area contributed by atoms with Crippen molar-refractivity contribution in [3.63, 3.8) is 0 Å². The van der Waals surface area contributed by atoms with E-state index in [-0.39, 0.29) is 5.30 Å². The van der Waals surface area contributed by atoms with E-state index in [4.69, 9.17) is 11.2 Å². The molecular weight excluding hydrogens is 352 g/mol. The number of hydrogen-bond acceptors (Lipinski definition) is 0. The Morgan fingerprint density at radius 3 is 1.92 bits per heavy atom. The number of hydrogen-bond donors (Lipinski definition) is 0. The predicted octanol–water partition coefficient (Wildman–Crippen LogP) is 8.38. The second kappa shape index (κ2) is 16.2. The minimum absolute atomic E-state index is 0.269. The van der Waals surface area contributed by atoms with Gasteiger partial charge >= 0.3 is 6.18 Å². The number of halogens is 4. The van der Waals surface area contributed by atoms with Gasteiger partial charge in [-0.15, -0.1) is 0 Å². The molecular formula is C19H33ClF3P. The van der Waals surface area contributed by atoms with Crippen LogP contribution in [0.1, 0.15) is 78.7 Å². The maximum absolute atomic E-state index is 12.9. The van der Waals surface area contributed by atoms with Crippen LogP contribution in [0, 0.1) is 0 Å². The van der Waals surface area contributed by atoms with Gasteiger partial charge in [-0.3, -0.25) is 0 Å². The van der Waals surface area contributed by atoms with Gasteiger partial charge in [-0.1, -0.05) is 96.2 Å². The molecule has 142 valence electrons. The molecule has 1 rings (SSSR count). The molecule has 0 nitrogen and oxygen atoms in total. The molecule has 1 atom stereocenters. The predicted molar refractivity (Wildman–Crippen MR) is 105 cm³/mol. The average molecular weight is 385 g/mol. The van der Waals surface area contributed by atoms with Crippen molar-refractivity contribution in [3.05, 3.63) is 29.8 Å². The quantitative estimate of drug-likeness (QED) is 0.312. The number of unbranched alkanes of at least 4 members (excludes halogenated alkanes) is 5. The van der Waals surface area contributed by atoms with E-state index >= 15 is 0 Å². The molecule has 0 spiro atoms. The fourth-order valence-corrected chi connectivity index (χ4v) is 4.33. The summed E-state index contributed by atoms with van der Waals surface area (Å²) in [6, 6.07) is 5.67. The highest BCUT2D eigenvalue weighted by Crippen LogP contribution is 2.45. The monoisotopic (exact) mass is 384 g/mol. The largest absolute Gasteiger partial charge is 0.417 e. The van der Waals surface area contributed by atoms with Crippen molar-refractivity contribution >= 4 is 23.8 Å². The summed E-state index contributed by atoms with van der Waals surface area (Å²) in [6.07, 6.45) is 3.09. The van der Waals surface area contributed by atoms with Gasteiger partial charge in [0.15, 0.2) is 0 Å². The SMILES string of the molecule is CC.CC.CCCCCCCC[P@@](Cl)c1ccccc1C(F)(F)F. The Labute approximate surface area is 152 Å². The third kappa shape index (κ3) is 11.3. The van der Waals surface area contributed by atoms with E-state index in [0.717, 1.165) is 25.3 Å². The summed E-state index contributed by atoms with van der Waals surface area (Å²) in [6.45, 7) is 10.2. The van der Waals surface area contributed by atoms with Gasteiger partial charge in [0.25, 0.3) is 0 Å². The van der Waals surface area contributed by atoms with Crippen LogP contribution in [-0.2, 0) is 6.18 Å². The van der Waals surface area contributed by atoms with Crippen molar-refractivity contribution in [3.8, 4) is 0 Å². The Balaban J connectivity index is 0. The van der Waals surface area contributed by atoms with Gasteiger partial charge < -0.3 is 0 Å². The average Bonchev–Trinajstić information content (AvgIpc) is 2.60. The maximum atomic E-state index is 12.9. The zero-order valence-electron chi connectivity index (χ0n) is 15.7. The lowest BCUT2D eigenvalue weighted by Crippen LogP contribution is -2.17. The Hall–Kier alpha value is -0.270. The highest BCUT2D eigenvalue weighted by Gasteiger charge is 2.34. The van der Waals surface area contributed by atoms with Crippen molar-refractivity contribution < 1.29 is 13.2 Å². The van der Waals surface area contributed by atoms with Crippen molar-refractivity contribution in [2.24, 2.45) is 0 Å². The van der Waals surface area contributed by atoms with Gasteiger partial charge in [0.05, 0.1) is 5.56 Å². The molecule has 0 unspecified atom stereocenters. The Morgan fingerprint density at radius 1 is 0.875 bits per heavy atom. The lowest BCUT2D eigenvalue weighted by molar-refractivity contribution is -0.136. The van der Waals surface area contributed by atoms with Crippen LogP contribution < -0.4 is 5.30 Å². The van der Waals surface area contributed by atoms with Crippen molar-refractivity contribution in [1.29, 1.82) is 0 Å². The van der Waals surface area contributed by atoms with Crippen LogP contribution in [0.2, 0.25) is 0 Å². The van der Waals surface area contributed by atoms with Crippen LogP contribution in [0.3, 0.4) is 0 Å². The zero-order chi connectivity index (χ0) is 19.0. The van der Waals surface area contributed by atoms with Crippen molar-refractivity contribution in [2.75, 3.05) is 6.16 Å². The van der Waals surface area contributed by atoms with Crippen molar-refractivity contribution in [2.45, 2.75) is 79.3 Å². The fourth-order valence-electron chi connectivity index (χ4n) is 2.08. The smallest absolute Gasteiger partial charge is 0.166 e. The normalized spacial score (nSPS) is 11.7. The molecule has 0 aliphatic carbocycles. The van der Waals surface area contributed by atoms with Crippen LogP contribution >= 0.6 is 18.5 Å². The number of alkyl halides is 3. The maximum Gasteiger partial charge on any atom is 0.417 e. The Bertz CT molecular complexity index is 394. The van der Waals surface area contributed by atoms with Crippen LogP contribution in [0.4, 0.5) is 13.2 Å². The second-order valence-corrected chi connectivity index (χ2v) is 7.75. The third-order valence-corrected chi connectivity index (χ3v) is 5.85. The van der Waals surface area contributed by atoms with Crippen LogP contribution in [0.5, 0.6) is 0 Å². The van der Waals surface area contributed by atoms with Crippen LogP contribution in [0.25, 0.3) is 0 Å². The minimum Gasteiger partial charge on any atom is -0.166 e. The molecule has 0 aliphatic rings. The molecule has 1 aromatic carbocycles. The van der Waals surface area contributed by atoms with Gasteiger partial charge in [-0.2, -0.15) is 13.2 Å². The first-order chi connectivity index (χ1) is 11.5.